The Kier molecular flexibility index (Phi) is 5.41. The summed E-state index contributed by atoms with van der Waals surface area (Å²) >= 11 is 0. The summed E-state index contributed by atoms with van der Waals surface area (Å²) in [7, 11) is 1.86. The molecule has 1 aromatic carbocycles. The molecule has 0 aliphatic carbocycles. The minimum atomic E-state index is -0.0302. The van der Waals surface area contributed by atoms with Gasteiger partial charge in [0.25, 0.3) is 0 Å². The van der Waals surface area contributed by atoms with Crippen LogP contribution in [0.4, 0.5) is 10.5 Å². The number of aryl methyl sites for hydroxylation is 1. The fourth-order valence-corrected chi connectivity index (χ4v) is 2.56. The summed E-state index contributed by atoms with van der Waals surface area (Å²) in [5.41, 5.74) is 2.08. The second kappa shape index (κ2) is 7.29. The Morgan fingerprint density at radius 3 is 2.75 bits per heavy atom. The van der Waals surface area contributed by atoms with Gasteiger partial charge in [-0.25, -0.2) is 4.79 Å². The Labute approximate surface area is 121 Å². The Bertz CT molecular complexity index is 442. The highest BCUT2D eigenvalue weighted by molar-refractivity contribution is 5.90. The predicted octanol–water partition coefficient (Wildman–Crippen LogP) is 3.14. The molecule has 4 nitrogen and oxygen atoms in total. The van der Waals surface area contributed by atoms with E-state index in [1.165, 1.54) is 5.56 Å². The Morgan fingerprint density at radius 2 is 2.05 bits per heavy atom. The highest BCUT2D eigenvalue weighted by Crippen LogP contribution is 2.18. The van der Waals surface area contributed by atoms with E-state index in [4.69, 9.17) is 4.74 Å². The molecule has 1 aromatic rings. The summed E-state index contributed by atoms with van der Waals surface area (Å²) in [5.74, 6) is 0.556. The highest BCUT2D eigenvalue weighted by Gasteiger charge is 2.18. The van der Waals surface area contributed by atoms with Gasteiger partial charge >= 0.3 is 6.03 Å². The number of hydrogen-bond acceptors (Lipinski definition) is 2. The molecule has 1 aliphatic heterocycles. The molecule has 0 atom stereocenters. The third-order valence-corrected chi connectivity index (χ3v) is 3.86. The van der Waals surface area contributed by atoms with Crippen LogP contribution in [0, 0.1) is 5.92 Å². The average Bonchev–Trinajstić information content (AvgIpc) is 2.48. The highest BCUT2D eigenvalue weighted by atomic mass is 16.5. The van der Waals surface area contributed by atoms with E-state index in [1.807, 2.05) is 31.3 Å². The van der Waals surface area contributed by atoms with Crippen LogP contribution in [0.15, 0.2) is 24.3 Å². The number of carbonyl (C=O) groups is 1. The molecule has 2 rings (SSSR count). The minimum Gasteiger partial charge on any atom is -0.381 e. The van der Waals surface area contributed by atoms with Gasteiger partial charge in [0.15, 0.2) is 0 Å². The number of nitrogens with one attached hydrogen (secondary N) is 1. The molecule has 20 heavy (non-hydrogen) atoms. The first-order valence-electron chi connectivity index (χ1n) is 7.38. The molecule has 2 amide bonds. The van der Waals surface area contributed by atoms with E-state index in [2.05, 4.69) is 12.2 Å². The van der Waals surface area contributed by atoms with E-state index >= 15 is 0 Å². The SMILES string of the molecule is CCc1ccccc1NC(=O)N(C)CC1CCOCC1. The van der Waals surface area contributed by atoms with Gasteiger partial charge in [0, 0.05) is 32.5 Å². The number of nitrogens with zero attached hydrogens (tertiary/aromatic N) is 1. The lowest BCUT2D eigenvalue weighted by Crippen LogP contribution is -2.37. The zero-order chi connectivity index (χ0) is 14.4. The van der Waals surface area contributed by atoms with Crippen LogP contribution in [0.25, 0.3) is 0 Å². The maximum atomic E-state index is 12.2. The molecule has 0 unspecified atom stereocenters. The van der Waals surface area contributed by atoms with Gasteiger partial charge < -0.3 is 15.0 Å². The minimum absolute atomic E-state index is 0.0302. The third kappa shape index (κ3) is 3.97. The fraction of sp³-hybridized carbons (Fsp3) is 0.562. The molecule has 1 heterocycles. The molecule has 1 aliphatic rings. The van der Waals surface area contributed by atoms with Gasteiger partial charge in [-0.2, -0.15) is 0 Å². The maximum absolute atomic E-state index is 12.2. The largest absolute Gasteiger partial charge is 0.381 e. The van der Waals surface area contributed by atoms with E-state index < -0.39 is 0 Å². The van der Waals surface area contributed by atoms with Crippen molar-refractivity contribution in [1.82, 2.24) is 4.90 Å². The molecule has 1 fully saturated rings. The number of urea groups is 1. The molecular formula is C16H24N2O2. The lowest BCUT2D eigenvalue weighted by Gasteiger charge is -2.27. The summed E-state index contributed by atoms with van der Waals surface area (Å²) in [6.07, 6.45) is 3.01. The maximum Gasteiger partial charge on any atom is 0.321 e. The lowest BCUT2D eigenvalue weighted by atomic mass is 10.00. The van der Waals surface area contributed by atoms with Crippen molar-refractivity contribution in [3.05, 3.63) is 29.8 Å². The number of ether oxygens (including phenoxy) is 1. The molecule has 0 bridgehead atoms. The zero-order valence-corrected chi connectivity index (χ0v) is 12.4. The van der Waals surface area contributed by atoms with E-state index in [0.29, 0.717) is 5.92 Å². The topological polar surface area (TPSA) is 41.6 Å². The molecule has 0 aromatic heterocycles. The quantitative estimate of drug-likeness (QED) is 0.918. The Hall–Kier alpha value is -1.55. The van der Waals surface area contributed by atoms with E-state index in [9.17, 15) is 4.79 Å². The molecule has 0 saturated carbocycles. The lowest BCUT2D eigenvalue weighted by molar-refractivity contribution is 0.0592. The summed E-state index contributed by atoms with van der Waals surface area (Å²) in [4.78, 5) is 14.0. The van der Waals surface area contributed by atoms with Crippen molar-refractivity contribution in [1.29, 1.82) is 0 Å². The first kappa shape index (κ1) is 14.9. The summed E-state index contributed by atoms with van der Waals surface area (Å²) in [5, 5.41) is 3.01. The molecule has 1 N–H and O–H groups in total. The molecular weight excluding hydrogens is 252 g/mol. The number of amides is 2. The monoisotopic (exact) mass is 276 g/mol. The van der Waals surface area contributed by atoms with Gasteiger partial charge in [0.2, 0.25) is 0 Å². The predicted molar refractivity (Wildman–Crippen MR) is 81.0 cm³/mol. The molecule has 0 radical (unpaired) electrons. The van der Waals surface area contributed by atoms with E-state index in [1.54, 1.807) is 4.90 Å². The number of anilines is 1. The first-order chi connectivity index (χ1) is 9.70. The van der Waals surface area contributed by atoms with Gasteiger partial charge in [-0.15, -0.1) is 0 Å². The van der Waals surface area contributed by atoms with Crippen LogP contribution in [-0.4, -0.2) is 37.7 Å². The smallest absolute Gasteiger partial charge is 0.321 e. The van der Waals surface area contributed by atoms with Gasteiger partial charge in [0.05, 0.1) is 0 Å². The van der Waals surface area contributed by atoms with Crippen molar-refractivity contribution in [3.8, 4) is 0 Å². The molecule has 4 heteroatoms. The van der Waals surface area contributed by atoms with Crippen molar-refractivity contribution in [2.75, 3.05) is 32.1 Å². The summed E-state index contributed by atoms with van der Waals surface area (Å²) in [6.45, 7) is 4.53. The zero-order valence-electron chi connectivity index (χ0n) is 12.4. The van der Waals surface area contributed by atoms with Gasteiger partial charge in [-0.1, -0.05) is 25.1 Å². The van der Waals surface area contributed by atoms with Crippen LogP contribution >= 0.6 is 0 Å². The summed E-state index contributed by atoms with van der Waals surface area (Å²) < 4.78 is 5.35. The Morgan fingerprint density at radius 1 is 1.35 bits per heavy atom. The van der Waals surface area contributed by atoms with Crippen molar-refractivity contribution in [2.24, 2.45) is 5.92 Å². The van der Waals surface area contributed by atoms with Crippen LogP contribution in [0.5, 0.6) is 0 Å². The van der Waals surface area contributed by atoms with Gasteiger partial charge in [-0.3, -0.25) is 0 Å². The van der Waals surface area contributed by atoms with Crippen molar-refractivity contribution in [3.63, 3.8) is 0 Å². The van der Waals surface area contributed by atoms with Gasteiger partial charge in [-0.05, 0) is 36.8 Å². The average molecular weight is 276 g/mol. The number of carbonyl (C=O) groups excluding carboxylic acids is 1. The van der Waals surface area contributed by atoms with Gasteiger partial charge in [0.1, 0.15) is 0 Å². The first-order valence-corrected chi connectivity index (χ1v) is 7.38. The van der Waals surface area contributed by atoms with Crippen LogP contribution in [0.2, 0.25) is 0 Å². The number of rotatable bonds is 4. The second-order valence-electron chi connectivity index (χ2n) is 5.38. The molecule has 1 saturated heterocycles. The molecule has 0 spiro atoms. The van der Waals surface area contributed by atoms with Crippen molar-refractivity contribution in [2.45, 2.75) is 26.2 Å². The normalized spacial score (nSPS) is 15.9. The third-order valence-electron chi connectivity index (χ3n) is 3.86. The number of para-hydroxylation sites is 1. The summed E-state index contributed by atoms with van der Waals surface area (Å²) in [6, 6.07) is 7.93. The van der Waals surface area contributed by atoms with Crippen molar-refractivity contribution >= 4 is 11.7 Å². The van der Waals surface area contributed by atoms with Crippen LogP contribution < -0.4 is 5.32 Å². The Balaban J connectivity index is 1.90. The molecule has 110 valence electrons. The van der Waals surface area contributed by atoms with Crippen molar-refractivity contribution < 1.29 is 9.53 Å². The van der Waals surface area contributed by atoms with E-state index in [0.717, 1.165) is 44.7 Å². The standard InChI is InChI=1S/C16H24N2O2/c1-3-14-6-4-5-7-15(14)17-16(19)18(2)12-13-8-10-20-11-9-13/h4-7,13H,3,8-12H2,1-2H3,(H,17,19). The number of hydrogen-bond donors (Lipinski definition) is 1. The fourth-order valence-electron chi connectivity index (χ4n) is 2.56. The van der Waals surface area contributed by atoms with Crippen LogP contribution in [0.3, 0.4) is 0 Å². The van der Waals surface area contributed by atoms with Crippen LogP contribution in [0.1, 0.15) is 25.3 Å². The second-order valence-corrected chi connectivity index (χ2v) is 5.38. The van der Waals surface area contributed by atoms with E-state index in [-0.39, 0.29) is 6.03 Å². The number of benzene rings is 1. The van der Waals surface area contributed by atoms with Crippen LogP contribution in [-0.2, 0) is 11.2 Å².